The van der Waals surface area contributed by atoms with Crippen molar-refractivity contribution in [1.29, 1.82) is 0 Å². The zero-order valence-electron chi connectivity index (χ0n) is 16.9. The van der Waals surface area contributed by atoms with Crippen LogP contribution in [0.2, 0.25) is 0 Å². The lowest BCUT2D eigenvalue weighted by Crippen LogP contribution is -2.54. The van der Waals surface area contributed by atoms with Crippen molar-refractivity contribution in [3.8, 4) is 0 Å². The normalized spacial score (nSPS) is 14.7. The second kappa shape index (κ2) is 7.96. The van der Waals surface area contributed by atoms with Crippen molar-refractivity contribution < 1.29 is 9.59 Å². The first kappa shape index (κ1) is 19.8. The number of benzene rings is 1. The zero-order chi connectivity index (χ0) is 20.3. The van der Waals surface area contributed by atoms with Gasteiger partial charge in [0.1, 0.15) is 5.41 Å². The summed E-state index contributed by atoms with van der Waals surface area (Å²) in [6.07, 6.45) is 3.42. The van der Waals surface area contributed by atoms with E-state index in [9.17, 15) is 9.59 Å². The molecule has 0 unspecified atom stereocenters. The predicted octanol–water partition coefficient (Wildman–Crippen LogP) is 2.41. The van der Waals surface area contributed by atoms with Crippen molar-refractivity contribution in [2.75, 3.05) is 36.4 Å². The summed E-state index contributed by atoms with van der Waals surface area (Å²) in [4.78, 5) is 38.2. The van der Waals surface area contributed by atoms with Gasteiger partial charge in [0.25, 0.3) is 0 Å². The Morgan fingerprint density at radius 2 is 1.54 bits per heavy atom. The number of amides is 2. The zero-order valence-corrected chi connectivity index (χ0v) is 16.9. The van der Waals surface area contributed by atoms with E-state index in [1.165, 1.54) is 0 Å². The van der Waals surface area contributed by atoms with E-state index in [0.717, 1.165) is 16.8 Å². The third kappa shape index (κ3) is 4.30. The molecule has 1 aliphatic heterocycles. The average Bonchev–Trinajstić information content (AvgIpc) is 2.67. The summed E-state index contributed by atoms with van der Waals surface area (Å²) in [7, 11) is 0. The van der Waals surface area contributed by atoms with E-state index in [2.05, 4.69) is 15.3 Å². The topological polar surface area (TPSA) is 78.4 Å². The summed E-state index contributed by atoms with van der Waals surface area (Å²) in [6, 6.07) is 7.64. The van der Waals surface area contributed by atoms with Gasteiger partial charge in [0.15, 0.2) is 0 Å². The van der Waals surface area contributed by atoms with Gasteiger partial charge in [0, 0.05) is 44.3 Å². The van der Waals surface area contributed by atoms with Crippen LogP contribution in [0, 0.1) is 19.3 Å². The van der Waals surface area contributed by atoms with Crippen LogP contribution in [-0.2, 0) is 9.59 Å². The summed E-state index contributed by atoms with van der Waals surface area (Å²) in [5.74, 6) is 0.209. The number of carbonyl (C=O) groups excluding carboxylic acids is 2. The van der Waals surface area contributed by atoms with Gasteiger partial charge in [-0.2, -0.15) is 0 Å². The van der Waals surface area contributed by atoms with Crippen LogP contribution in [0.3, 0.4) is 0 Å². The maximum absolute atomic E-state index is 13.0. The fourth-order valence-electron chi connectivity index (χ4n) is 3.39. The number of hydrogen-bond acceptors (Lipinski definition) is 5. The molecule has 0 radical (unpaired) electrons. The Hall–Kier alpha value is -2.96. The van der Waals surface area contributed by atoms with Gasteiger partial charge in [-0.1, -0.05) is 6.07 Å². The van der Waals surface area contributed by atoms with Crippen molar-refractivity contribution in [3.63, 3.8) is 0 Å². The number of hydrogen-bond donors (Lipinski definition) is 1. The van der Waals surface area contributed by atoms with Gasteiger partial charge >= 0.3 is 0 Å². The molecule has 2 amide bonds. The number of aromatic nitrogens is 2. The molecule has 7 nitrogen and oxygen atoms in total. The van der Waals surface area contributed by atoms with Crippen LogP contribution < -0.4 is 10.2 Å². The maximum Gasteiger partial charge on any atom is 0.239 e. The SMILES string of the molecule is Cc1cc(C)cc(NC(=O)C(C)(C)C(=O)N2CCN(c3ncccn3)CC2)c1. The van der Waals surface area contributed by atoms with Crippen molar-refractivity contribution >= 4 is 23.5 Å². The Bertz CT molecular complexity index is 838. The average molecular weight is 381 g/mol. The van der Waals surface area contributed by atoms with Crippen LogP contribution in [0.15, 0.2) is 36.7 Å². The third-order valence-corrected chi connectivity index (χ3v) is 4.98. The van der Waals surface area contributed by atoms with Crippen LogP contribution >= 0.6 is 0 Å². The number of carbonyl (C=O) groups is 2. The molecule has 1 saturated heterocycles. The van der Waals surface area contributed by atoms with Crippen LogP contribution in [0.5, 0.6) is 0 Å². The Balaban J connectivity index is 1.63. The maximum atomic E-state index is 13.0. The minimum atomic E-state index is -1.15. The van der Waals surface area contributed by atoms with Crippen molar-refractivity contribution in [2.45, 2.75) is 27.7 Å². The Labute approximate surface area is 165 Å². The summed E-state index contributed by atoms with van der Waals surface area (Å²) in [6.45, 7) is 9.69. The quantitative estimate of drug-likeness (QED) is 0.823. The highest BCUT2D eigenvalue weighted by Crippen LogP contribution is 2.24. The molecule has 0 aliphatic carbocycles. The van der Waals surface area contributed by atoms with E-state index in [-0.39, 0.29) is 11.8 Å². The van der Waals surface area contributed by atoms with Crippen molar-refractivity contribution in [3.05, 3.63) is 47.8 Å². The summed E-state index contributed by atoms with van der Waals surface area (Å²) < 4.78 is 0. The molecule has 1 fully saturated rings. The molecule has 0 atom stereocenters. The van der Waals surface area contributed by atoms with E-state index in [4.69, 9.17) is 0 Å². The molecule has 0 bridgehead atoms. The third-order valence-electron chi connectivity index (χ3n) is 4.98. The van der Waals surface area contributed by atoms with Crippen LogP contribution in [0.1, 0.15) is 25.0 Å². The molecular weight excluding hydrogens is 354 g/mol. The molecule has 1 aliphatic rings. The van der Waals surface area contributed by atoms with Crippen LogP contribution in [-0.4, -0.2) is 52.9 Å². The highest BCUT2D eigenvalue weighted by molar-refractivity contribution is 6.09. The molecular formula is C21H27N5O2. The monoisotopic (exact) mass is 381 g/mol. The van der Waals surface area contributed by atoms with E-state index < -0.39 is 5.41 Å². The standard InChI is InChI=1S/C21H27N5O2/c1-15-12-16(2)14-17(13-15)24-18(27)21(3,4)19(28)25-8-10-26(11-9-25)20-22-6-5-7-23-20/h5-7,12-14H,8-11H2,1-4H3,(H,24,27). The number of nitrogens with one attached hydrogen (secondary N) is 1. The fraction of sp³-hybridized carbons (Fsp3) is 0.429. The Morgan fingerprint density at radius 3 is 2.11 bits per heavy atom. The van der Waals surface area contributed by atoms with Gasteiger partial charge in [-0.05, 0) is 57.0 Å². The molecule has 0 spiro atoms. The predicted molar refractivity (Wildman–Crippen MR) is 109 cm³/mol. The molecule has 7 heteroatoms. The first-order chi connectivity index (χ1) is 13.3. The molecule has 2 aromatic rings. The lowest BCUT2D eigenvalue weighted by molar-refractivity contribution is -0.146. The van der Waals surface area contributed by atoms with Gasteiger partial charge in [-0.15, -0.1) is 0 Å². The van der Waals surface area contributed by atoms with Crippen LogP contribution in [0.25, 0.3) is 0 Å². The second-order valence-corrected chi connectivity index (χ2v) is 7.78. The number of nitrogens with zero attached hydrogens (tertiary/aromatic N) is 4. The molecule has 0 saturated carbocycles. The fourth-order valence-corrected chi connectivity index (χ4v) is 3.39. The number of piperazine rings is 1. The number of anilines is 2. The molecule has 28 heavy (non-hydrogen) atoms. The summed E-state index contributed by atoms with van der Waals surface area (Å²) >= 11 is 0. The number of aryl methyl sites for hydroxylation is 2. The Kier molecular flexibility index (Phi) is 5.63. The van der Waals surface area contributed by atoms with Gasteiger partial charge < -0.3 is 15.1 Å². The van der Waals surface area contributed by atoms with Crippen molar-refractivity contribution in [2.24, 2.45) is 5.41 Å². The second-order valence-electron chi connectivity index (χ2n) is 7.78. The molecule has 1 aromatic carbocycles. The molecule has 3 rings (SSSR count). The van der Waals surface area contributed by atoms with E-state index in [0.29, 0.717) is 32.1 Å². The lowest BCUT2D eigenvalue weighted by atomic mass is 9.89. The highest BCUT2D eigenvalue weighted by Gasteiger charge is 2.40. The van der Waals surface area contributed by atoms with Crippen molar-refractivity contribution in [1.82, 2.24) is 14.9 Å². The van der Waals surface area contributed by atoms with Gasteiger partial charge in [0.05, 0.1) is 0 Å². The molecule has 1 aromatic heterocycles. The summed E-state index contributed by atoms with van der Waals surface area (Å²) in [5, 5.41) is 2.90. The first-order valence-corrected chi connectivity index (χ1v) is 9.48. The molecule has 148 valence electrons. The molecule has 1 N–H and O–H groups in total. The van der Waals surface area contributed by atoms with E-state index in [1.54, 1.807) is 37.2 Å². The lowest BCUT2D eigenvalue weighted by Gasteiger charge is -2.38. The van der Waals surface area contributed by atoms with Gasteiger partial charge in [-0.25, -0.2) is 9.97 Å². The van der Waals surface area contributed by atoms with Gasteiger partial charge in [0.2, 0.25) is 17.8 Å². The summed E-state index contributed by atoms with van der Waals surface area (Å²) in [5.41, 5.74) is 1.70. The minimum absolute atomic E-state index is 0.164. The minimum Gasteiger partial charge on any atom is -0.338 e. The van der Waals surface area contributed by atoms with E-state index >= 15 is 0 Å². The van der Waals surface area contributed by atoms with E-state index in [1.807, 2.05) is 36.9 Å². The van der Waals surface area contributed by atoms with Crippen LogP contribution in [0.4, 0.5) is 11.6 Å². The Morgan fingerprint density at radius 1 is 0.964 bits per heavy atom. The first-order valence-electron chi connectivity index (χ1n) is 9.48. The number of rotatable bonds is 4. The molecule has 2 heterocycles. The largest absolute Gasteiger partial charge is 0.338 e. The van der Waals surface area contributed by atoms with Gasteiger partial charge in [-0.3, -0.25) is 9.59 Å². The highest BCUT2D eigenvalue weighted by atomic mass is 16.2. The smallest absolute Gasteiger partial charge is 0.239 e.